The zero-order valence-electron chi connectivity index (χ0n) is 9.98. The Morgan fingerprint density at radius 1 is 1.21 bits per heavy atom. The van der Waals surface area contributed by atoms with E-state index in [-0.39, 0.29) is 10.6 Å². The van der Waals surface area contributed by atoms with Crippen LogP contribution >= 0.6 is 0 Å². The van der Waals surface area contributed by atoms with Gasteiger partial charge in [-0.15, -0.1) is 0 Å². The van der Waals surface area contributed by atoms with Crippen LogP contribution in [0, 0.1) is 12.7 Å². The van der Waals surface area contributed by atoms with Gasteiger partial charge in [0.1, 0.15) is 10.7 Å². The summed E-state index contributed by atoms with van der Waals surface area (Å²) in [4.78, 5) is 13.0. The third kappa shape index (κ3) is 2.82. The number of para-hydroxylation sites is 1. The molecule has 0 bridgehead atoms. The van der Waals surface area contributed by atoms with Crippen LogP contribution in [0.15, 0.2) is 46.2 Å². The number of hydrogen-bond donors (Lipinski definition) is 2. The van der Waals surface area contributed by atoms with E-state index in [1.807, 2.05) is 0 Å². The van der Waals surface area contributed by atoms with Crippen molar-refractivity contribution in [1.82, 2.24) is 4.98 Å². The minimum Gasteiger partial charge on any atom is -0.328 e. The first-order chi connectivity index (χ1) is 8.90. The van der Waals surface area contributed by atoms with Crippen LogP contribution in [0.25, 0.3) is 0 Å². The van der Waals surface area contributed by atoms with E-state index in [1.165, 1.54) is 6.07 Å². The van der Waals surface area contributed by atoms with Crippen LogP contribution in [0.5, 0.6) is 0 Å². The van der Waals surface area contributed by atoms with E-state index in [4.69, 9.17) is 0 Å². The zero-order chi connectivity index (χ0) is 14.0. The number of halogens is 1. The number of hydrogen-bond acceptors (Lipinski definition) is 3. The van der Waals surface area contributed by atoms with Crippen LogP contribution in [-0.4, -0.2) is 13.4 Å². The molecular weight excluding hydrogens is 271 g/mol. The van der Waals surface area contributed by atoms with Crippen molar-refractivity contribution in [2.75, 3.05) is 4.72 Å². The maximum absolute atomic E-state index is 13.6. The van der Waals surface area contributed by atoms with Crippen molar-refractivity contribution in [2.45, 2.75) is 11.8 Å². The summed E-state index contributed by atoms with van der Waals surface area (Å²) in [6.45, 7) is 1.59. The van der Waals surface area contributed by atoms with E-state index in [2.05, 4.69) is 9.71 Å². The van der Waals surface area contributed by atoms with E-state index in [1.54, 1.807) is 13.0 Å². The molecule has 0 atom stereocenters. The largest absolute Gasteiger partial charge is 0.328 e. The molecule has 0 fully saturated rings. The van der Waals surface area contributed by atoms with E-state index < -0.39 is 21.4 Å². The smallest absolute Gasteiger partial charge is 0.263 e. The third-order valence-electron chi connectivity index (χ3n) is 2.52. The summed E-state index contributed by atoms with van der Waals surface area (Å²) in [5.74, 6) is -0.659. The normalized spacial score (nSPS) is 11.3. The monoisotopic (exact) mass is 282 g/mol. The minimum absolute atomic E-state index is 0.103. The number of pyridine rings is 1. The molecule has 0 spiro atoms. The quantitative estimate of drug-likeness (QED) is 0.898. The summed E-state index contributed by atoms with van der Waals surface area (Å²) in [6.07, 6.45) is 1.06. The average Bonchev–Trinajstić information content (AvgIpc) is 2.35. The number of benzene rings is 1. The summed E-state index contributed by atoms with van der Waals surface area (Å²) in [6, 6.07) is 6.48. The summed E-state index contributed by atoms with van der Waals surface area (Å²) < 4.78 is 39.8. The van der Waals surface area contributed by atoms with E-state index in [0.717, 1.165) is 24.4 Å². The van der Waals surface area contributed by atoms with Crippen LogP contribution < -0.4 is 10.3 Å². The number of sulfonamides is 1. The van der Waals surface area contributed by atoms with Crippen molar-refractivity contribution in [3.63, 3.8) is 0 Å². The van der Waals surface area contributed by atoms with Crippen molar-refractivity contribution < 1.29 is 12.8 Å². The van der Waals surface area contributed by atoms with Crippen molar-refractivity contribution >= 4 is 15.7 Å². The lowest BCUT2D eigenvalue weighted by Crippen LogP contribution is -2.16. The molecule has 7 heteroatoms. The highest BCUT2D eigenvalue weighted by Crippen LogP contribution is 2.22. The van der Waals surface area contributed by atoms with Gasteiger partial charge in [0, 0.05) is 12.3 Å². The Morgan fingerprint density at radius 2 is 1.95 bits per heavy atom. The lowest BCUT2D eigenvalue weighted by atomic mass is 10.2. The summed E-state index contributed by atoms with van der Waals surface area (Å²) in [5.41, 5.74) is -0.0530. The Kier molecular flexibility index (Phi) is 3.39. The Labute approximate surface area is 109 Å². The van der Waals surface area contributed by atoms with Crippen LogP contribution in [-0.2, 0) is 10.0 Å². The van der Waals surface area contributed by atoms with Crippen molar-refractivity contribution in [1.29, 1.82) is 0 Å². The van der Waals surface area contributed by atoms with Gasteiger partial charge in [-0.25, -0.2) is 12.8 Å². The van der Waals surface area contributed by atoms with Gasteiger partial charge < -0.3 is 4.98 Å². The van der Waals surface area contributed by atoms with Crippen LogP contribution in [0.2, 0.25) is 0 Å². The van der Waals surface area contributed by atoms with E-state index in [9.17, 15) is 17.6 Å². The lowest BCUT2D eigenvalue weighted by Gasteiger charge is -2.11. The average molecular weight is 282 g/mol. The van der Waals surface area contributed by atoms with Crippen molar-refractivity contribution in [3.8, 4) is 0 Å². The van der Waals surface area contributed by atoms with Gasteiger partial charge in [0.05, 0.1) is 5.69 Å². The van der Waals surface area contributed by atoms with E-state index in [0.29, 0.717) is 5.56 Å². The Morgan fingerprint density at radius 3 is 2.53 bits per heavy atom. The molecule has 0 amide bonds. The molecule has 0 aliphatic rings. The first-order valence-electron chi connectivity index (χ1n) is 5.37. The summed E-state index contributed by atoms with van der Waals surface area (Å²) in [5, 5.41) is 0. The highest BCUT2D eigenvalue weighted by molar-refractivity contribution is 7.92. The highest BCUT2D eigenvalue weighted by atomic mass is 32.2. The Balaban J connectivity index is 2.42. The van der Waals surface area contributed by atoms with Crippen molar-refractivity contribution in [3.05, 3.63) is 58.3 Å². The number of aromatic nitrogens is 1. The molecule has 100 valence electrons. The SMILES string of the molecule is Cc1cccc(F)c1NS(=O)(=O)c1ccc(=O)[nH]c1. The lowest BCUT2D eigenvalue weighted by molar-refractivity contribution is 0.598. The number of nitrogens with one attached hydrogen (secondary N) is 2. The van der Waals surface area contributed by atoms with Gasteiger partial charge in [-0.2, -0.15) is 0 Å². The fourth-order valence-corrected chi connectivity index (χ4v) is 2.62. The molecule has 19 heavy (non-hydrogen) atoms. The Hall–Kier alpha value is -2.15. The fraction of sp³-hybridized carbons (Fsp3) is 0.0833. The predicted octanol–water partition coefficient (Wildman–Crippen LogP) is 1.62. The van der Waals surface area contributed by atoms with E-state index >= 15 is 0 Å². The topological polar surface area (TPSA) is 79.0 Å². The predicted molar refractivity (Wildman–Crippen MR) is 69.0 cm³/mol. The fourth-order valence-electron chi connectivity index (χ4n) is 1.52. The maximum atomic E-state index is 13.6. The molecule has 1 aromatic heterocycles. The van der Waals surface area contributed by atoms with Gasteiger partial charge in [-0.3, -0.25) is 9.52 Å². The van der Waals surface area contributed by atoms with Crippen LogP contribution in [0.4, 0.5) is 10.1 Å². The Bertz CT molecular complexity index is 728. The third-order valence-corrected chi connectivity index (χ3v) is 3.87. The molecule has 2 N–H and O–H groups in total. The van der Waals surface area contributed by atoms with Gasteiger partial charge in [0.25, 0.3) is 10.0 Å². The number of rotatable bonds is 3. The second-order valence-electron chi connectivity index (χ2n) is 3.93. The summed E-state index contributed by atoms with van der Waals surface area (Å²) >= 11 is 0. The summed E-state index contributed by atoms with van der Waals surface area (Å²) in [7, 11) is -3.94. The van der Waals surface area contributed by atoms with Crippen molar-refractivity contribution in [2.24, 2.45) is 0 Å². The highest BCUT2D eigenvalue weighted by Gasteiger charge is 2.17. The molecule has 1 heterocycles. The molecule has 0 aliphatic heterocycles. The molecule has 1 aromatic carbocycles. The first-order valence-corrected chi connectivity index (χ1v) is 6.85. The molecule has 2 rings (SSSR count). The number of anilines is 1. The maximum Gasteiger partial charge on any atom is 0.263 e. The minimum atomic E-state index is -3.94. The number of H-pyrrole nitrogens is 1. The molecule has 0 radical (unpaired) electrons. The molecule has 0 aliphatic carbocycles. The van der Waals surface area contributed by atoms with Gasteiger partial charge in [0.15, 0.2) is 0 Å². The zero-order valence-corrected chi connectivity index (χ0v) is 10.8. The second kappa shape index (κ2) is 4.85. The van der Waals surface area contributed by atoms with Gasteiger partial charge in [-0.1, -0.05) is 12.1 Å². The number of aromatic amines is 1. The molecule has 0 saturated heterocycles. The molecule has 0 saturated carbocycles. The first kappa shape index (κ1) is 13.3. The van der Waals surface area contributed by atoms with Gasteiger partial charge >= 0.3 is 0 Å². The van der Waals surface area contributed by atoms with Crippen LogP contribution in [0.1, 0.15) is 5.56 Å². The molecule has 0 unspecified atom stereocenters. The molecule has 5 nitrogen and oxygen atoms in total. The standard InChI is InChI=1S/C12H11FN2O3S/c1-8-3-2-4-10(13)12(8)15-19(17,18)9-5-6-11(16)14-7-9/h2-7,15H,1H3,(H,14,16). The molecular formula is C12H11FN2O3S. The number of aryl methyl sites for hydroxylation is 1. The molecule has 2 aromatic rings. The van der Waals surface area contributed by atoms with Gasteiger partial charge in [0.2, 0.25) is 5.56 Å². The second-order valence-corrected chi connectivity index (χ2v) is 5.61. The van der Waals surface area contributed by atoms with Crippen LogP contribution in [0.3, 0.4) is 0 Å². The van der Waals surface area contributed by atoms with Gasteiger partial charge in [-0.05, 0) is 24.6 Å².